The third-order valence-corrected chi connectivity index (χ3v) is 4.79. The minimum Gasteiger partial charge on any atom is -0.354 e. The summed E-state index contributed by atoms with van der Waals surface area (Å²) >= 11 is 13.8. The molecule has 0 amide bonds. The fourth-order valence-electron chi connectivity index (χ4n) is 2.11. The summed E-state index contributed by atoms with van der Waals surface area (Å²) in [7, 11) is 0. The molecule has 5 heteroatoms. The first-order valence-corrected chi connectivity index (χ1v) is 6.98. The van der Waals surface area contributed by atoms with Crippen LogP contribution in [0.1, 0.15) is 19.3 Å². The molecule has 0 atom stereocenters. The lowest BCUT2D eigenvalue weighted by Crippen LogP contribution is -2.46. The summed E-state index contributed by atoms with van der Waals surface area (Å²) in [6, 6.07) is 4.61. The van der Waals surface area contributed by atoms with Gasteiger partial charge >= 0.3 is 0 Å². The number of anilines is 1. The van der Waals surface area contributed by atoms with Crippen LogP contribution in [0.2, 0.25) is 10.0 Å². The van der Waals surface area contributed by atoms with E-state index in [1.807, 2.05) is 12.1 Å². The number of hydrogen-bond acceptors (Lipinski definition) is 3. The number of benzene rings is 1. The fourth-order valence-corrected chi connectivity index (χ4v) is 3.32. The SMILES string of the molecule is Clc1cc2c(cc1Cl)N(C1CCC1)CNS2. The Labute approximate surface area is 109 Å². The fraction of sp³-hybridized carbons (Fsp3) is 0.455. The number of hydrogen-bond donors (Lipinski definition) is 1. The topological polar surface area (TPSA) is 15.3 Å². The summed E-state index contributed by atoms with van der Waals surface area (Å²) in [4.78, 5) is 3.57. The predicted molar refractivity (Wildman–Crippen MR) is 70.4 cm³/mol. The number of nitrogens with zero attached hydrogens (tertiary/aromatic N) is 1. The second-order valence-corrected chi connectivity index (χ2v) is 5.94. The van der Waals surface area contributed by atoms with Gasteiger partial charge in [-0.3, -0.25) is 0 Å². The molecule has 1 fully saturated rings. The van der Waals surface area contributed by atoms with Crippen molar-refractivity contribution in [3.05, 3.63) is 22.2 Å². The first-order chi connectivity index (χ1) is 7.75. The van der Waals surface area contributed by atoms with Crippen LogP contribution in [0.4, 0.5) is 5.69 Å². The standard InChI is InChI=1S/C11H12Cl2N2S/c12-8-4-10-11(5-9(8)13)16-14-6-15(10)7-2-1-3-7/h4-5,7,14H,1-3,6H2. The monoisotopic (exact) mass is 274 g/mol. The van der Waals surface area contributed by atoms with E-state index in [0.717, 1.165) is 6.67 Å². The molecule has 2 nitrogen and oxygen atoms in total. The minimum absolute atomic E-state index is 0.630. The highest BCUT2D eigenvalue weighted by Gasteiger charge is 2.29. The van der Waals surface area contributed by atoms with Crippen molar-refractivity contribution in [2.24, 2.45) is 0 Å². The van der Waals surface area contributed by atoms with Gasteiger partial charge in [-0.2, -0.15) is 0 Å². The molecule has 1 aromatic rings. The third-order valence-electron chi connectivity index (χ3n) is 3.24. The quantitative estimate of drug-likeness (QED) is 0.782. The van der Waals surface area contributed by atoms with Crippen molar-refractivity contribution in [3.63, 3.8) is 0 Å². The van der Waals surface area contributed by atoms with E-state index >= 15 is 0 Å². The summed E-state index contributed by atoms with van der Waals surface area (Å²) in [6.07, 6.45) is 3.91. The molecule has 1 saturated carbocycles. The van der Waals surface area contributed by atoms with Crippen LogP contribution in [-0.4, -0.2) is 12.7 Å². The van der Waals surface area contributed by atoms with Crippen LogP contribution in [0, 0.1) is 0 Å². The highest BCUT2D eigenvalue weighted by Crippen LogP contribution is 2.41. The zero-order valence-electron chi connectivity index (χ0n) is 8.67. The normalized spacial score (nSPS) is 20.5. The molecule has 16 heavy (non-hydrogen) atoms. The van der Waals surface area contributed by atoms with E-state index in [1.54, 1.807) is 11.9 Å². The molecule has 1 aliphatic carbocycles. The maximum Gasteiger partial charge on any atom is 0.0781 e. The van der Waals surface area contributed by atoms with Gasteiger partial charge in [0, 0.05) is 10.9 Å². The number of nitrogens with one attached hydrogen (secondary N) is 1. The number of halogens is 2. The molecular formula is C11H12Cl2N2S. The van der Waals surface area contributed by atoms with Crippen molar-refractivity contribution >= 4 is 40.8 Å². The van der Waals surface area contributed by atoms with E-state index < -0.39 is 0 Å². The number of fused-ring (bicyclic) bond motifs is 1. The average molecular weight is 275 g/mol. The van der Waals surface area contributed by atoms with Crippen LogP contribution in [0.25, 0.3) is 0 Å². The Morgan fingerprint density at radius 2 is 2.00 bits per heavy atom. The largest absolute Gasteiger partial charge is 0.354 e. The Bertz CT molecular complexity index is 421. The Balaban J connectivity index is 2.00. The molecular weight excluding hydrogens is 263 g/mol. The van der Waals surface area contributed by atoms with Gasteiger partial charge in [0.05, 0.1) is 22.4 Å². The summed E-state index contributed by atoms with van der Waals surface area (Å²) < 4.78 is 3.33. The van der Waals surface area contributed by atoms with Gasteiger partial charge in [0.2, 0.25) is 0 Å². The highest BCUT2D eigenvalue weighted by atomic mass is 35.5. The van der Waals surface area contributed by atoms with Gasteiger partial charge in [-0.25, -0.2) is 4.72 Å². The zero-order chi connectivity index (χ0) is 11.1. The smallest absolute Gasteiger partial charge is 0.0781 e. The van der Waals surface area contributed by atoms with E-state index in [1.165, 1.54) is 29.8 Å². The molecule has 1 N–H and O–H groups in total. The zero-order valence-corrected chi connectivity index (χ0v) is 11.0. The van der Waals surface area contributed by atoms with Gasteiger partial charge in [0.1, 0.15) is 0 Å². The maximum atomic E-state index is 6.09. The Kier molecular flexibility index (Phi) is 2.96. The van der Waals surface area contributed by atoms with Crippen molar-refractivity contribution in [2.75, 3.05) is 11.6 Å². The van der Waals surface area contributed by atoms with Crippen molar-refractivity contribution < 1.29 is 0 Å². The van der Waals surface area contributed by atoms with Crippen LogP contribution in [0.3, 0.4) is 0 Å². The Morgan fingerprint density at radius 3 is 2.69 bits per heavy atom. The second kappa shape index (κ2) is 4.30. The molecule has 0 bridgehead atoms. The van der Waals surface area contributed by atoms with Crippen LogP contribution in [0.15, 0.2) is 17.0 Å². The van der Waals surface area contributed by atoms with Crippen LogP contribution >= 0.6 is 35.1 Å². The van der Waals surface area contributed by atoms with Crippen LogP contribution in [-0.2, 0) is 0 Å². The molecule has 0 unspecified atom stereocenters. The van der Waals surface area contributed by atoms with E-state index in [-0.39, 0.29) is 0 Å². The first kappa shape index (κ1) is 11.0. The number of rotatable bonds is 1. The maximum absolute atomic E-state index is 6.09. The van der Waals surface area contributed by atoms with E-state index in [0.29, 0.717) is 16.1 Å². The molecule has 1 heterocycles. The average Bonchev–Trinajstić information content (AvgIpc) is 2.18. The van der Waals surface area contributed by atoms with Gasteiger partial charge in [0.15, 0.2) is 0 Å². The summed E-state index contributed by atoms with van der Waals surface area (Å²) in [6.45, 7) is 0.889. The van der Waals surface area contributed by atoms with Crippen LogP contribution < -0.4 is 9.62 Å². The van der Waals surface area contributed by atoms with Gasteiger partial charge in [-0.15, -0.1) is 0 Å². The predicted octanol–water partition coefficient (Wildman–Crippen LogP) is 3.92. The van der Waals surface area contributed by atoms with Gasteiger partial charge in [-0.05, 0) is 43.3 Å². The lowest BCUT2D eigenvalue weighted by Gasteiger charge is -2.42. The summed E-state index contributed by atoms with van der Waals surface area (Å²) in [5.41, 5.74) is 1.22. The molecule has 0 radical (unpaired) electrons. The second-order valence-electron chi connectivity index (χ2n) is 4.19. The van der Waals surface area contributed by atoms with E-state index in [9.17, 15) is 0 Å². The van der Waals surface area contributed by atoms with Crippen molar-refractivity contribution in [2.45, 2.75) is 30.2 Å². The third kappa shape index (κ3) is 1.80. The minimum atomic E-state index is 0.630. The van der Waals surface area contributed by atoms with E-state index in [2.05, 4.69) is 9.62 Å². The van der Waals surface area contributed by atoms with Crippen LogP contribution in [0.5, 0.6) is 0 Å². The molecule has 1 aromatic carbocycles. The molecule has 3 rings (SSSR count). The van der Waals surface area contributed by atoms with Crippen molar-refractivity contribution in [1.82, 2.24) is 4.72 Å². The molecule has 86 valence electrons. The van der Waals surface area contributed by atoms with Gasteiger partial charge in [0.25, 0.3) is 0 Å². The highest BCUT2D eigenvalue weighted by molar-refractivity contribution is 7.97. The summed E-state index contributed by atoms with van der Waals surface area (Å²) in [5, 5.41) is 1.28. The molecule has 0 spiro atoms. The van der Waals surface area contributed by atoms with Crippen molar-refractivity contribution in [1.29, 1.82) is 0 Å². The van der Waals surface area contributed by atoms with Gasteiger partial charge in [-0.1, -0.05) is 23.2 Å². The Morgan fingerprint density at radius 1 is 1.25 bits per heavy atom. The molecule has 1 aliphatic heterocycles. The lowest BCUT2D eigenvalue weighted by atomic mass is 9.91. The first-order valence-electron chi connectivity index (χ1n) is 5.41. The molecule has 0 saturated heterocycles. The molecule has 0 aromatic heterocycles. The molecule has 2 aliphatic rings. The van der Waals surface area contributed by atoms with Crippen molar-refractivity contribution in [3.8, 4) is 0 Å². The van der Waals surface area contributed by atoms with E-state index in [4.69, 9.17) is 23.2 Å². The van der Waals surface area contributed by atoms with Gasteiger partial charge < -0.3 is 4.90 Å². The lowest BCUT2D eigenvalue weighted by molar-refractivity contribution is 0.383. The summed E-state index contributed by atoms with van der Waals surface area (Å²) in [5.74, 6) is 0. The Hall–Kier alpha value is -0.0900.